The van der Waals surface area contributed by atoms with Crippen LogP contribution in [0.4, 0.5) is 13.2 Å². The van der Waals surface area contributed by atoms with E-state index >= 15 is 0 Å². The minimum absolute atomic E-state index is 0.126. The highest BCUT2D eigenvalue weighted by molar-refractivity contribution is 14.1. The van der Waals surface area contributed by atoms with Gasteiger partial charge in [-0.05, 0) is 37.0 Å². The van der Waals surface area contributed by atoms with Crippen molar-refractivity contribution in [2.24, 2.45) is 11.7 Å². The van der Waals surface area contributed by atoms with Crippen molar-refractivity contribution >= 4 is 39.4 Å². The Bertz CT molecular complexity index is 1180. The third-order valence-corrected chi connectivity index (χ3v) is 6.37. The molecule has 1 fully saturated rings. The topological polar surface area (TPSA) is 83.0 Å². The third kappa shape index (κ3) is 3.72. The fourth-order valence-corrected chi connectivity index (χ4v) is 4.14. The maximum atomic E-state index is 13.1. The van der Waals surface area contributed by atoms with Crippen molar-refractivity contribution < 1.29 is 24.1 Å². The molecule has 30 heavy (non-hydrogen) atoms. The van der Waals surface area contributed by atoms with Crippen LogP contribution >= 0.6 is 22.6 Å². The van der Waals surface area contributed by atoms with Crippen LogP contribution in [-0.4, -0.2) is 32.2 Å². The Labute approximate surface area is 185 Å². The second-order valence-corrected chi connectivity index (χ2v) is 8.02. The van der Waals surface area contributed by atoms with E-state index in [4.69, 9.17) is 11.8 Å². The SMILES string of the molecule is [2H]C1(n2cc3cc(-c4ccc(C(F)(F)F)nc4C(N)=O)c(OC)cc3n2)CC(CI)C1. The van der Waals surface area contributed by atoms with E-state index in [1.165, 1.54) is 7.11 Å². The maximum Gasteiger partial charge on any atom is 0.433 e. The second kappa shape index (κ2) is 7.71. The smallest absolute Gasteiger partial charge is 0.433 e. The van der Waals surface area contributed by atoms with Crippen molar-refractivity contribution in [1.29, 1.82) is 0 Å². The number of carbonyl (C=O) groups excluding carboxylic acids is 1. The molecule has 3 aromatic rings. The lowest BCUT2D eigenvalue weighted by Crippen LogP contribution is -2.27. The van der Waals surface area contributed by atoms with E-state index in [-0.39, 0.29) is 5.56 Å². The molecule has 0 aliphatic heterocycles. The van der Waals surface area contributed by atoms with Crippen molar-refractivity contribution in [3.8, 4) is 16.9 Å². The van der Waals surface area contributed by atoms with Gasteiger partial charge in [0.1, 0.15) is 17.1 Å². The molecule has 4 rings (SSSR count). The van der Waals surface area contributed by atoms with Crippen molar-refractivity contribution in [2.75, 3.05) is 11.5 Å². The number of rotatable bonds is 5. The number of halogens is 4. The number of nitrogens with two attached hydrogens (primary N) is 1. The van der Waals surface area contributed by atoms with Crippen LogP contribution in [0, 0.1) is 5.92 Å². The minimum atomic E-state index is -4.71. The number of hydrogen-bond donors (Lipinski definition) is 1. The molecule has 1 amide bonds. The molecule has 1 aliphatic carbocycles. The van der Waals surface area contributed by atoms with Gasteiger partial charge in [0.05, 0.1) is 20.0 Å². The monoisotopic (exact) mass is 531 g/mol. The van der Waals surface area contributed by atoms with Gasteiger partial charge >= 0.3 is 6.18 Å². The van der Waals surface area contributed by atoms with Gasteiger partial charge in [0, 0.05) is 33.2 Å². The summed E-state index contributed by atoms with van der Waals surface area (Å²) in [5.41, 5.74) is 4.69. The van der Waals surface area contributed by atoms with Gasteiger partial charge in [-0.3, -0.25) is 9.48 Å². The third-order valence-electron chi connectivity index (χ3n) is 5.13. The van der Waals surface area contributed by atoms with E-state index in [2.05, 4.69) is 32.7 Å². The zero-order chi connectivity index (χ0) is 22.6. The van der Waals surface area contributed by atoms with Crippen molar-refractivity contribution in [3.05, 3.63) is 41.9 Å². The number of carbonyl (C=O) groups is 1. The molecule has 2 heterocycles. The van der Waals surface area contributed by atoms with Gasteiger partial charge in [-0.2, -0.15) is 18.3 Å². The van der Waals surface area contributed by atoms with Crippen molar-refractivity contribution in [2.45, 2.75) is 25.0 Å². The average molecular weight is 531 g/mol. The van der Waals surface area contributed by atoms with Crippen LogP contribution in [0.1, 0.15) is 36.4 Å². The van der Waals surface area contributed by atoms with E-state index < -0.39 is 29.5 Å². The first-order valence-corrected chi connectivity index (χ1v) is 10.6. The molecule has 0 bridgehead atoms. The average Bonchev–Trinajstić information content (AvgIpc) is 3.12. The standard InChI is InChI=1S/C20H18F3IN4O2/c1-30-16-7-15-11(9-28(27-15)12-4-10(5-12)8-24)6-14(16)13-2-3-17(20(21,22)23)26-18(13)19(25)29/h2-3,6-7,9-10,12H,4-5,8H2,1H3,(H2,25,29)/i12D. The fraction of sp³-hybridized carbons (Fsp3) is 0.350. The van der Waals surface area contributed by atoms with Gasteiger partial charge in [0.15, 0.2) is 0 Å². The molecule has 1 aromatic carbocycles. The Morgan fingerprint density at radius 3 is 2.70 bits per heavy atom. The van der Waals surface area contributed by atoms with E-state index in [1.54, 1.807) is 23.0 Å². The van der Waals surface area contributed by atoms with Crippen molar-refractivity contribution in [3.63, 3.8) is 0 Å². The predicted molar refractivity (Wildman–Crippen MR) is 114 cm³/mol. The highest BCUT2D eigenvalue weighted by Gasteiger charge is 2.34. The fourth-order valence-electron chi connectivity index (χ4n) is 3.52. The molecule has 0 spiro atoms. The lowest BCUT2D eigenvalue weighted by atomic mass is 9.82. The van der Waals surface area contributed by atoms with Crippen LogP contribution in [0.15, 0.2) is 30.5 Å². The molecule has 1 saturated carbocycles. The first-order chi connectivity index (χ1) is 14.6. The predicted octanol–water partition coefficient (Wildman–Crippen LogP) is 4.61. The summed E-state index contributed by atoms with van der Waals surface area (Å²) >= 11 is 2.31. The van der Waals surface area contributed by atoms with Crippen LogP contribution in [0.3, 0.4) is 0 Å². The molecule has 0 unspecified atom stereocenters. The van der Waals surface area contributed by atoms with Gasteiger partial charge < -0.3 is 10.5 Å². The summed E-state index contributed by atoms with van der Waals surface area (Å²) in [5.74, 6) is -0.296. The van der Waals surface area contributed by atoms with Crippen molar-refractivity contribution in [1.82, 2.24) is 14.8 Å². The van der Waals surface area contributed by atoms with Crippen LogP contribution in [0.2, 0.25) is 0 Å². The van der Waals surface area contributed by atoms with Gasteiger partial charge in [0.25, 0.3) is 5.91 Å². The number of alkyl halides is 4. The minimum Gasteiger partial charge on any atom is -0.496 e. The molecule has 1 aliphatic rings. The van der Waals surface area contributed by atoms with E-state index in [1.807, 2.05) is 0 Å². The Morgan fingerprint density at radius 2 is 2.10 bits per heavy atom. The van der Waals surface area contributed by atoms with Crippen LogP contribution < -0.4 is 10.5 Å². The lowest BCUT2D eigenvalue weighted by Gasteiger charge is -2.34. The van der Waals surface area contributed by atoms with Gasteiger partial charge in [0.2, 0.25) is 0 Å². The quantitative estimate of drug-likeness (QED) is 0.385. The first kappa shape index (κ1) is 19.6. The molecular weight excluding hydrogens is 512 g/mol. The number of aromatic nitrogens is 3. The summed E-state index contributed by atoms with van der Waals surface area (Å²) in [4.78, 5) is 15.3. The summed E-state index contributed by atoms with van der Waals surface area (Å²) in [6, 6.07) is 4.42. The summed E-state index contributed by atoms with van der Waals surface area (Å²) in [5, 5.41) is 5.18. The molecule has 0 saturated heterocycles. The van der Waals surface area contributed by atoms with Crippen LogP contribution in [-0.2, 0) is 6.18 Å². The lowest BCUT2D eigenvalue weighted by molar-refractivity contribution is -0.141. The zero-order valence-electron chi connectivity index (χ0n) is 16.8. The molecule has 2 aromatic heterocycles. The first-order valence-electron chi connectivity index (χ1n) is 9.58. The number of nitrogens with zero attached hydrogens (tertiary/aromatic N) is 3. The Morgan fingerprint density at radius 1 is 1.37 bits per heavy atom. The second-order valence-electron chi connectivity index (χ2n) is 7.13. The summed E-state index contributed by atoms with van der Waals surface area (Å²) in [7, 11) is 1.41. The normalized spacial score (nSPS) is 21.9. The Kier molecular flexibility index (Phi) is 5.03. The van der Waals surface area contributed by atoms with Crippen LogP contribution in [0.5, 0.6) is 5.75 Å². The number of pyridine rings is 1. The molecule has 6 nitrogen and oxygen atoms in total. The number of fused-ring (bicyclic) bond motifs is 1. The zero-order valence-corrected chi connectivity index (χ0v) is 18.0. The molecule has 10 heteroatoms. The summed E-state index contributed by atoms with van der Waals surface area (Å²) in [6.45, 7) is 0. The van der Waals surface area contributed by atoms with Gasteiger partial charge in [-0.15, -0.1) is 0 Å². The Balaban J connectivity index is 1.83. The highest BCUT2D eigenvalue weighted by Crippen LogP contribution is 2.41. The number of ether oxygens (including phenoxy) is 1. The molecular formula is C20H18F3IN4O2. The molecule has 0 atom stereocenters. The van der Waals surface area contributed by atoms with E-state index in [9.17, 15) is 18.0 Å². The number of amides is 1. The molecule has 0 radical (unpaired) electrons. The van der Waals surface area contributed by atoms with E-state index in [0.29, 0.717) is 41.0 Å². The highest BCUT2D eigenvalue weighted by atomic mass is 127. The van der Waals surface area contributed by atoms with Gasteiger partial charge in [-0.25, -0.2) is 4.98 Å². The maximum absolute atomic E-state index is 13.1. The largest absolute Gasteiger partial charge is 0.496 e. The van der Waals surface area contributed by atoms with Crippen LogP contribution in [0.25, 0.3) is 22.0 Å². The number of hydrogen-bond acceptors (Lipinski definition) is 4. The molecule has 158 valence electrons. The van der Waals surface area contributed by atoms with Gasteiger partial charge in [-0.1, -0.05) is 22.6 Å². The summed E-state index contributed by atoms with van der Waals surface area (Å²) in [6.07, 6.45) is -1.58. The number of methoxy groups -OCH3 is 1. The van der Waals surface area contributed by atoms with E-state index in [0.717, 1.165) is 16.6 Å². The Hall–Kier alpha value is -2.37. The number of primary amides is 1. The molecule has 2 N–H and O–H groups in total. The number of benzene rings is 1. The summed E-state index contributed by atoms with van der Waals surface area (Å²) < 4.78 is 55.8.